The van der Waals surface area contributed by atoms with Crippen molar-refractivity contribution in [2.75, 3.05) is 6.54 Å². The number of halogens is 2. The first-order valence-electron chi connectivity index (χ1n) is 3.33. The van der Waals surface area contributed by atoms with Crippen LogP contribution in [0.1, 0.15) is 5.76 Å². The van der Waals surface area contributed by atoms with Gasteiger partial charge < -0.3 is 4.42 Å². The summed E-state index contributed by atoms with van der Waals surface area (Å²) in [4.78, 5) is 3.97. The van der Waals surface area contributed by atoms with Crippen molar-refractivity contribution < 1.29 is 4.42 Å². The van der Waals surface area contributed by atoms with E-state index >= 15 is 0 Å². The van der Waals surface area contributed by atoms with Crippen LogP contribution in [0.25, 0.3) is 0 Å². The lowest BCUT2D eigenvalue weighted by atomic mass is 10.5. The maximum Gasteiger partial charge on any atom is 0.167 e. The third-order valence-corrected chi connectivity index (χ3v) is 1.63. The molecule has 12 heavy (non-hydrogen) atoms. The fourth-order valence-corrected chi connectivity index (χ4v) is 0.903. The molecule has 2 nitrogen and oxygen atoms in total. The molecular formula is C8H7Cl2NO. The zero-order chi connectivity index (χ0) is 8.81. The van der Waals surface area contributed by atoms with Gasteiger partial charge in [-0.05, 0) is 12.1 Å². The number of furan rings is 1. The molecular weight excluding hydrogens is 197 g/mol. The molecule has 0 aliphatic heterocycles. The van der Waals surface area contributed by atoms with Gasteiger partial charge in [0.1, 0.15) is 0 Å². The smallest absolute Gasteiger partial charge is 0.167 e. The van der Waals surface area contributed by atoms with E-state index in [2.05, 4.69) is 4.99 Å². The summed E-state index contributed by atoms with van der Waals surface area (Å²) in [5.41, 5.74) is 1.40. The number of hydrogen-bond acceptors (Lipinski definition) is 2. The monoisotopic (exact) mass is 203 g/mol. The molecule has 0 spiro atoms. The summed E-state index contributed by atoms with van der Waals surface area (Å²) in [6, 6.07) is 3.50. The van der Waals surface area contributed by atoms with Crippen molar-refractivity contribution in [3.05, 3.63) is 35.8 Å². The van der Waals surface area contributed by atoms with Gasteiger partial charge in [0, 0.05) is 5.54 Å². The fourth-order valence-electron chi connectivity index (χ4n) is 0.647. The van der Waals surface area contributed by atoms with Gasteiger partial charge in [-0.25, -0.2) is 0 Å². The van der Waals surface area contributed by atoms with Crippen molar-refractivity contribution in [1.82, 2.24) is 0 Å². The molecule has 0 amide bonds. The number of rotatable bonds is 3. The van der Waals surface area contributed by atoms with E-state index in [9.17, 15) is 0 Å². The molecule has 4 heteroatoms. The van der Waals surface area contributed by atoms with E-state index in [1.807, 2.05) is 0 Å². The number of aliphatic imine (C=N–C) groups is 1. The van der Waals surface area contributed by atoms with Gasteiger partial charge in [0.15, 0.2) is 10.9 Å². The minimum atomic E-state index is 0.356. The van der Waals surface area contributed by atoms with Gasteiger partial charge in [-0.1, -0.05) is 29.3 Å². The van der Waals surface area contributed by atoms with Crippen molar-refractivity contribution in [1.29, 1.82) is 0 Å². The second-order valence-corrected chi connectivity index (χ2v) is 2.58. The van der Waals surface area contributed by atoms with E-state index in [1.165, 1.54) is 5.54 Å². The molecule has 0 aliphatic carbocycles. The summed E-state index contributed by atoms with van der Waals surface area (Å²) in [5, 5.41) is 0.356. The highest BCUT2D eigenvalue weighted by atomic mass is 35.5. The highest BCUT2D eigenvalue weighted by molar-refractivity contribution is 6.69. The van der Waals surface area contributed by atoms with E-state index in [-0.39, 0.29) is 0 Å². The zero-order valence-electron chi connectivity index (χ0n) is 6.21. The third-order valence-electron chi connectivity index (χ3n) is 1.15. The van der Waals surface area contributed by atoms with Crippen molar-refractivity contribution in [3.8, 4) is 0 Å². The average molecular weight is 204 g/mol. The standard InChI is InChI=1S/C8H7Cl2NO/c9-4-2-5-11-8(10)7-3-1-6-12-7/h1-4,6H,5H2/b4-2+,11-8?. The molecule has 0 aliphatic rings. The van der Waals surface area contributed by atoms with Crippen LogP contribution in [0.15, 0.2) is 39.4 Å². The minimum Gasteiger partial charge on any atom is -0.462 e. The van der Waals surface area contributed by atoms with E-state index in [1.54, 1.807) is 24.5 Å². The predicted molar refractivity (Wildman–Crippen MR) is 51.0 cm³/mol. The molecule has 1 rings (SSSR count). The van der Waals surface area contributed by atoms with Gasteiger partial charge in [0.05, 0.1) is 12.8 Å². The van der Waals surface area contributed by atoms with Crippen LogP contribution in [0.2, 0.25) is 0 Å². The van der Waals surface area contributed by atoms with Gasteiger partial charge >= 0.3 is 0 Å². The predicted octanol–water partition coefficient (Wildman–Crippen LogP) is 3.02. The molecule has 0 fully saturated rings. The summed E-state index contributed by atoms with van der Waals surface area (Å²) >= 11 is 11.1. The summed E-state index contributed by atoms with van der Waals surface area (Å²) in [6.07, 6.45) is 3.23. The number of nitrogens with zero attached hydrogens (tertiary/aromatic N) is 1. The molecule has 0 atom stereocenters. The van der Waals surface area contributed by atoms with Gasteiger partial charge in [0.25, 0.3) is 0 Å². The van der Waals surface area contributed by atoms with E-state index in [0.717, 1.165) is 0 Å². The summed E-state index contributed by atoms with van der Waals surface area (Å²) in [5.74, 6) is 0.569. The Labute approximate surface area is 80.5 Å². The van der Waals surface area contributed by atoms with E-state index < -0.39 is 0 Å². The molecule has 0 aromatic carbocycles. The zero-order valence-corrected chi connectivity index (χ0v) is 7.72. The lowest BCUT2D eigenvalue weighted by Crippen LogP contribution is -1.88. The van der Waals surface area contributed by atoms with E-state index in [0.29, 0.717) is 17.5 Å². The van der Waals surface area contributed by atoms with Crippen LogP contribution >= 0.6 is 23.2 Å². The fraction of sp³-hybridized carbons (Fsp3) is 0.125. The molecule has 1 heterocycles. The molecule has 1 aromatic heterocycles. The van der Waals surface area contributed by atoms with Crippen LogP contribution in [0.3, 0.4) is 0 Å². The van der Waals surface area contributed by atoms with Crippen LogP contribution in [0, 0.1) is 0 Å². The van der Waals surface area contributed by atoms with Crippen LogP contribution in [-0.4, -0.2) is 11.7 Å². The average Bonchev–Trinajstić information content (AvgIpc) is 2.56. The normalized spacial score (nSPS) is 12.7. The molecule has 0 bridgehead atoms. The topological polar surface area (TPSA) is 25.5 Å². The second kappa shape index (κ2) is 5.01. The highest BCUT2D eigenvalue weighted by Crippen LogP contribution is 2.05. The second-order valence-electron chi connectivity index (χ2n) is 1.97. The largest absolute Gasteiger partial charge is 0.462 e. The van der Waals surface area contributed by atoms with Crippen molar-refractivity contribution in [2.24, 2.45) is 4.99 Å². The Morgan fingerprint density at radius 2 is 2.50 bits per heavy atom. The Kier molecular flexibility index (Phi) is 3.91. The Bertz CT molecular complexity index is 277. The lowest BCUT2D eigenvalue weighted by molar-refractivity contribution is 0.559. The maximum atomic E-state index is 5.76. The van der Waals surface area contributed by atoms with Gasteiger partial charge in [0.2, 0.25) is 0 Å². The first kappa shape index (κ1) is 9.36. The molecule has 0 saturated carbocycles. The third kappa shape index (κ3) is 2.72. The SMILES string of the molecule is Cl/C=C/CN=C(Cl)c1ccco1. The summed E-state index contributed by atoms with van der Waals surface area (Å²) in [6.45, 7) is 0.461. The van der Waals surface area contributed by atoms with Crippen LogP contribution in [-0.2, 0) is 0 Å². The molecule has 0 saturated heterocycles. The maximum absolute atomic E-state index is 5.76. The highest BCUT2D eigenvalue weighted by Gasteiger charge is 1.99. The van der Waals surface area contributed by atoms with Crippen LogP contribution in [0.5, 0.6) is 0 Å². The van der Waals surface area contributed by atoms with Crippen molar-refractivity contribution >= 4 is 28.4 Å². The first-order chi connectivity index (χ1) is 5.84. The summed E-state index contributed by atoms with van der Waals surface area (Å²) < 4.78 is 5.01. The number of hydrogen-bond donors (Lipinski definition) is 0. The van der Waals surface area contributed by atoms with Crippen LogP contribution in [0.4, 0.5) is 0 Å². The lowest BCUT2D eigenvalue weighted by Gasteiger charge is -1.89. The summed E-state index contributed by atoms with van der Waals surface area (Å²) in [7, 11) is 0. The first-order valence-corrected chi connectivity index (χ1v) is 4.15. The van der Waals surface area contributed by atoms with Gasteiger partial charge in [-0.3, -0.25) is 4.99 Å². The molecule has 0 radical (unpaired) electrons. The Morgan fingerprint density at radius 3 is 3.08 bits per heavy atom. The molecule has 0 N–H and O–H groups in total. The molecule has 0 unspecified atom stereocenters. The Balaban J connectivity index is 2.58. The van der Waals surface area contributed by atoms with Crippen molar-refractivity contribution in [3.63, 3.8) is 0 Å². The Hall–Kier alpha value is -0.730. The van der Waals surface area contributed by atoms with Crippen LogP contribution < -0.4 is 0 Å². The Morgan fingerprint density at radius 1 is 1.67 bits per heavy atom. The van der Waals surface area contributed by atoms with Gasteiger partial charge in [-0.15, -0.1) is 0 Å². The van der Waals surface area contributed by atoms with E-state index in [4.69, 9.17) is 27.6 Å². The van der Waals surface area contributed by atoms with Crippen molar-refractivity contribution in [2.45, 2.75) is 0 Å². The molecule has 1 aromatic rings. The quantitative estimate of drug-likeness (QED) is 0.694. The van der Waals surface area contributed by atoms with Gasteiger partial charge in [-0.2, -0.15) is 0 Å². The minimum absolute atomic E-state index is 0.356. The molecule has 64 valence electrons.